The maximum absolute atomic E-state index is 12.8. The van der Waals surface area contributed by atoms with Gasteiger partial charge in [-0.15, -0.1) is 0 Å². The number of benzene rings is 1. The van der Waals surface area contributed by atoms with E-state index in [1.165, 1.54) is 0 Å². The van der Waals surface area contributed by atoms with Crippen LogP contribution >= 0.6 is 0 Å². The van der Waals surface area contributed by atoms with Crippen molar-refractivity contribution in [2.75, 3.05) is 26.3 Å². The lowest BCUT2D eigenvalue weighted by atomic mass is 9.73. The molecule has 1 N–H and O–H groups in total. The van der Waals surface area contributed by atoms with Crippen LogP contribution in [0.25, 0.3) is 0 Å². The van der Waals surface area contributed by atoms with E-state index >= 15 is 0 Å². The van der Waals surface area contributed by atoms with Gasteiger partial charge in [-0.1, -0.05) is 30.3 Å². The average Bonchev–Trinajstić information content (AvgIpc) is 2.74. The minimum absolute atomic E-state index is 0.0739. The van der Waals surface area contributed by atoms with Gasteiger partial charge in [0.2, 0.25) is 0 Å². The number of piperidine rings is 1. The highest BCUT2D eigenvalue weighted by molar-refractivity contribution is 5.78. The smallest absolute Gasteiger partial charge is 0.317 e. The molecule has 2 aliphatic heterocycles. The molecule has 1 atom stereocenters. The minimum Gasteiger partial charge on any atom is -0.466 e. The number of nitrogens with one attached hydrogen (secondary N) is 1. The van der Waals surface area contributed by atoms with Crippen LogP contribution < -0.4 is 5.32 Å². The normalized spacial score (nSPS) is 21.8. The molecule has 1 aromatic rings. The number of urea groups is 1. The Morgan fingerprint density at radius 3 is 2.61 bits per heavy atom. The van der Waals surface area contributed by atoms with Gasteiger partial charge in [0.25, 0.3) is 0 Å². The van der Waals surface area contributed by atoms with Crippen molar-refractivity contribution in [2.45, 2.75) is 58.1 Å². The van der Waals surface area contributed by atoms with E-state index in [4.69, 9.17) is 9.47 Å². The summed E-state index contributed by atoms with van der Waals surface area (Å²) in [5.74, 6) is -0.131. The standard InChI is InChI=1S/C22H32N2O4/c1-2-27-20(25)22(16-19-10-6-7-15-28-19)11-13-24(14-12-22)21(26)23-17-18-8-4-3-5-9-18/h3-5,8-9,19H,2,6-7,10-17H2,1H3,(H,23,26)/t19-/m0/s1. The molecule has 6 nitrogen and oxygen atoms in total. The number of carbonyl (C=O) groups excluding carboxylic acids is 2. The van der Waals surface area contributed by atoms with Gasteiger partial charge in [-0.05, 0) is 51.0 Å². The summed E-state index contributed by atoms with van der Waals surface area (Å²) in [4.78, 5) is 27.1. The highest BCUT2D eigenvalue weighted by atomic mass is 16.5. The lowest BCUT2D eigenvalue weighted by Gasteiger charge is -2.42. The lowest BCUT2D eigenvalue weighted by molar-refractivity contribution is -0.162. The summed E-state index contributed by atoms with van der Waals surface area (Å²) in [6.07, 6.45) is 5.33. The molecule has 0 radical (unpaired) electrons. The van der Waals surface area contributed by atoms with Crippen molar-refractivity contribution in [1.82, 2.24) is 10.2 Å². The Bertz CT molecular complexity index is 635. The number of likely N-dealkylation sites (tertiary alicyclic amines) is 1. The molecule has 0 bridgehead atoms. The van der Waals surface area contributed by atoms with Crippen LogP contribution in [0.15, 0.2) is 30.3 Å². The van der Waals surface area contributed by atoms with E-state index in [-0.39, 0.29) is 18.1 Å². The quantitative estimate of drug-likeness (QED) is 0.758. The van der Waals surface area contributed by atoms with Crippen molar-refractivity contribution in [2.24, 2.45) is 5.41 Å². The van der Waals surface area contributed by atoms with Crippen LogP contribution in [-0.4, -0.2) is 49.3 Å². The lowest BCUT2D eigenvalue weighted by Crippen LogP contribution is -2.51. The van der Waals surface area contributed by atoms with Gasteiger partial charge in [-0.2, -0.15) is 0 Å². The molecule has 6 heteroatoms. The Labute approximate surface area is 167 Å². The topological polar surface area (TPSA) is 67.9 Å². The number of amides is 2. The summed E-state index contributed by atoms with van der Waals surface area (Å²) in [5, 5.41) is 2.98. The van der Waals surface area contributed by atoms with Crippen molar-refractivity contribution in [3.05, 3.63) is 35.9 Å². The van der Waals surface area contributed by atoms with Crippen LogP contribution in [0.4, 0.5) is 4.79 Å². The van der Waals surface area contributed by atoms with Crippen LogP contribution in [0.5, 0.6) is 0 Å². The third-order valence-electron chi connectivity index (χ3n) is 5.90. The van der Waals surface area contributed by atoms with Gasteiger partial charge in [-0.25, -0.2) is 4.79 Å². The first-order valence-corrected chi connectivity index (χ1v) is 10.5. The van der Waals surface area contributed by atoms with E-state index in [1.54, 1.807) is 0 Å². The zero-order chi connectivity index (χ0) is 19.8. The fourth-order valence-electron chi connectivity index (χ4n) is 4.20. The minimum atomic E-state index is -0.534. The van der Waals surface area contributed by atoms with Crippen molar-refractivity contribution < 1.29 is 19.1 Å². The van der Waals surface area contributed by atoms with Crippen LogP contribution in [-0.2, 0) is 20.8 Å². The molecule has 2 fully saturated rings. The van der Waals surface area contributed by atoms with E-state index in [1.807, 2.05) is 42.2 Å². The fraction of sp³-hybridized carbons (Fsp3) is 0.636. The number of nitrogens with zero attached hydrogens (tertiary/aromatic N) is 1. The Morgan fingerprint density at radius 2 is 1.96 bits per heavy atom. The first-order chi connectivity index (χ1) is 13.6. The SMILES string of the molecule is CCOC(=O)C1(C[C@@H]2CCCCO2)CCN(C(=O)NCc2ccccc2)CC1. The van der Waals surface area contributed by atoms with E-state index in [0.29, 0.717) is 45.5 Å². The molecule has 28 heavy (non-hydrogen) atoms. The van der Waals surface area contributed by atoms with E-state index in [2.05, 4.69) is 5.32 Å². The van der Waals surface area contributed by atoms with Crippen LogP contribution in [0, 0.1) is 5.41 Å². The second-order valence-corrected chi connectivity index (χ2v) is 7.82. The second kappa shape index (κ2) is 9.92. The Balaban J connectivity index is 1.56. The van der Waals surface area contributed by atoms with Crippen molar-refractivity contribution in [3.63, 3.8) is 0 Å². The first-order valence-electron chi connectivity index (χ1n) is 10.5. The molecule has 1 aromatic carbocycles. The highest BCUT2D eigenvalue weighted by Gasteiger charge is 2.45. The van der Waals surface area contributed by atoms with Crippen molar-refractivity contribution >= 4 is 12.0 Å². The third kappa shape index (κ3) is 5.25. The molecular formula is C22H32N2O4. The summed E-state index contributed by atoms with van der Waals surface area (Å²) in [6.45, 7) is 4.63. The molecular weight excluding hydrogens is 356 g/mol. The molecule has 0 unspecified atom stereocenters. The van der Waals surface area contributed by atoms with Gasteiger partial charge < -0.3 is 19.7 Å². The molecule has 2 saturated heterocycles. The van der Waals surface area contributed by atoms with Gasteiger partial charge >= 0.3 is 12.0 Å². The van der Waals surface area contributed by atoms with Gasteiger partial charge in [0.05, 0.1) is 18.1 Å². The number of rotatable bonds is 6. The molecule has 2 heterocycles. The van der Waals surface area contributed by atoms with Crippen LogP contribution in [0.3, 0.4) is 0 Å². The van der Waals surface area contributed by atoms with Crippen LogP contribution in [0.2, 0.25) is 0 Å². The maximum Gasteiger partial charge on any atom is 0.317 e. The molecule has 154 valence electrons. The van der Waals surface area contributed by atoms with Gasteiger partial charge in [0.15, 0.2) is 0 Å². The number of carbonyl (C=O) groups is 2. The number of hydrogen-bond acceptors (Lipinski definition) is 4. The molecule has 2 amide bonds. The Kier molecular flexibility index (Phi) is 7.31. The van der Waals surface area contributed by atoms with Gasteiger partial charge in [-0.3, -0.25) is 4.79 Å². The highest BCUT2D eigenvalue weighted by Crippen LogP contribution is 2.39. The largest absolute Gasteiger partial charge is 0.466 e. The van der Waals surface area contributed by atoms with Crippen molar-refractivity contribution in [3.8, 4) is 0 Å². The predicted octanol–water partition coefficient (Wildman–Crippen LogP) is 3.50. The third-order valence-corrected chi connectivity index (χ3v) is 5.90. The maximum atomic E-state index is 12.8. The number of hydrogen-bond donors (Lipinski definition) is 1. The summed E-state index contributed by atoms with van der Waals surface area (Å²) >= 11 is 0. The summed E-state index contributed by atoms with van der Waals surface area (Å²) in [5.41, 5.74) is 0.539. The van der Waals surface area contributed by atoms with Crippen LogP contribution in [0.1, 0.15) is 51.0 Å². The number of esters is 1. The molecule has 0 aromatic heterocycles. The summed E-state index contributed by atoms with van der Waals surface area (Å²) in [6, 6.07) is 9.79. The second-order valence-electron chi connectivity index (χ2n) is 7.82. The van der Waals surface area contributed by atoms with Gasteiger partial charge in [0.1, 0.15) is 0 Å². The fourth-order valence-corrected chi connectivity index (χ4v) is 4.20. The molecule has 0 spiro atoms. The summed E-state index contributed by atoms with van der Waals surface area (Å²) < 4.78 is 11.3. The average molecular weight is 389 g/mol. The Hall–Kier alpha value is -2.08. The molecule has 2 aliphatic rings. The first kappa shape index (κ1) is 20.6. The van der Waals surface area contributed by atoms with Gasteiger partial charge in [0, 0.05) is 26.2 Å². The molecule has 0 aliphatic carbocycles. The predicted molar refractivity (Wildman–Crippen MR) is 107 cm³/mol. The van der Waals surface area contributed by atoms with Crippen molar-refractivity contribution in [1.29, 1.82) is 0 Å². The number of ether oxygens (including phenoxy) is 2. The summed E-state index contributed by atoms with van der Waals surface area (Å²) in [7, 11) is 0. The monoisotopic (exact) mass is 388 g/mol. The molecule has 3 rings (SSSR count). The zero-order valence-corrected chi connectivity index (χ0v) is 16.8. The molecule has 0 saturated carbocycles. The van der Waals surface area contributed by atoms with E-state index in [9.17, 15) is 9.59 Å². The Morgan fingerprint density at radius 1 is 1.21 bits per heavy atom. The van der Waals surface area contributed by atoms with E-state index in [0.717, 1.165) is 31.4 Å². The van der Waals surface area contributed by atoms with E-state index < -0.39 is 5.41 Å². The zero-order valence-electron chi connectivity index (χ0n) is 16.8.